The number of Topliss-reactive ketones (excluding diaryl/α,β-unsaturated/α-hetero) is 1. The van der Waals surface area contributed by atoms with Crippen LogP contribution in [0.4, 0.5) is 0 Å². The molecule has 0 amide bonds. The van der Waals surface area contributed by atoms with Crippen LogP contribution in [-0.4, -0.2) is 17.4 Å². The van der Waals surface area contributed by atoms with E-state index in [1.807, 2.05) is 19.1 Å². The van der Waals surface area contributed by atoms with Crippen LogP contribution in [-0.2, 0) is 29.0 Å². The van der Waals surface area contributed by atoms with E-state index in [0.717, 1.165) is 23.2 Å². The number of ketones is 1. The molecule has 0 bridgehead atoms. The normalized spacial score (nSPS) is 12.4. The molecule has 3 rings (SSSR count). The summed E-state index contributed by atoms with van der Waals surface area (Å²) in [6.07, 6.45) is 1.74. The van der Waals surface area contributed by atoms with E-state index in [-0.39, 0.29) is 18.3 Å². The topological polar surface area (TPSA) is 42.1 Å². The summed E-state index contributed by atoms with van der Waals surface area (Å²) >= 11 is 0. The second-order valence-electron chi connectivity index (χ2n) is 6.62. The summed E-state index contributed by atoms with van der Waals surface area (Å²) in [5.41, 5.74) is 4.63. The summed E-state index contributed by atoms with van der Waals surface area (Å²) in [7, 11) is 0. The molecule has 0 unspecified atom stereocenters. The predicted octanol–water partition coefficient (Wildman–Crippen LogP) is 4.69. The number of nitrogens with one attached hydrogen (secondary N) is 1. The van der Waals surface area contributed by atoms with Gasteiger partial charge in [0.1, 0.15) is 6.61 Å². The van der Waals surface area contributed by atoms with Crippen LogP contribution in [0, 0.1) is 5.92 Å². The maximum Gasteiger partial charge on any atom is 0.161 e. The number of aromatic amines is 1. The van der Waals surface area contributed by atoms with Gasteiger partial charge in [0.25, 0.3) is 0 Å². The molecule has 3 nitrogen and oxygen atoms in total. The first-order valence-corrected chi connectivity index (χ1v) is 8.90. The zero-order chi connectivity index (χ0) is 17.6. The molecule has 1 heterocycles. The van der Waals surface area contributed by atoms with E-state index < -0.39 is 0 Å². The van der Waals surface area contributed by atoms with E-state index in [0.29, 0.717) is 13.0 Å². The van der Waals surface area contributed by atoms with Crippen LogP contribution in [0.2, 0.25) is 0 Å². The minimum absolute atomic E-state index is 0.0597. The van der Waals surface area contributed by atoms with Gasteiger partial charge < -0.3 is 9.72 Å². The molecule has 0 fully saturated rings. The molecule has 0 saturated carbocycles. The molecule has 0 aliphatic rings. The first-order valence-electron chi connectivity index (χ1n) is 8.90. The second kappa shape index (κ2) is 8.13. The average molecular weight is 335 g/mol. The Labute approximate surface area is 149 Å². The van der Waals surface area contributed by atoms with Crippen molar-refractivity contribution in [2.24, 2.45) is 5.92 Å². The minimum atomic E-state index is -0.0597. The Balaban J connectivity index is 1.48. The third-order valence-electron chi connectivity index (χ3n) is 4.61. The molecule has 3 heteroatoms. The highest BCUT2D eigenvalue weighted by Crippen LogP contribution is 2.17. The Hall–Kier alpha value is -2.39. The fraction of sp³-hybridized carbons (Fsp3) is 0.318. The molecule has 0 saturated heterocycles. The predicted molar refractivity (Wildman–Crippen MR) is 102 cm³/mol. The molecule has 25 heavy (non-hydrogen) atoms. The number of benzene rings is 2. The SMILES string of the molecule is CCc1ccc(COCC(=O)[C@H](C)Cc2cc3ccccc3[nH]2)cc1. The van der Waals surface area contributed by atoms with Gasteiger partial charge in [-0.2, -0.15) is 0 Å². The van der Waals surface area contributed by atoms with Crippen LogP contribution in [0.15, 0.2) is 54.6 Å². The zero-order valence-electron chi connectivity index (χ0n) is 14.9. The lowest BCUT2D eigenvalue weighted by Gasteiger charge is -2.10. The largest absolute Gasteiger partial charge is 0.369 e. The average Bonchev–Trinajstić information content (AvgIpc) is 3.04. The number of aryl methyl sites for hydroxylation is 1. The summed E-state index contributed by atoms with van der Waals surface area (Å²) in [6.45, 7) is 4.75. The molecule has 3 aromatic rings. The maximum atomic E-state index is 12.3. The van der Waals surface area contributed by atoms with Crippen molar-refractivity contribution in [2.75, 3.05) is 6.61 Å². The van der Waals surface area contributed by atoms with E-state index in [1.54, 1.807) is 0 Å². The number of H-pyrrole nitrogens is 1. The number of aromatic nitrogens is 1. The van der Waals surface area contributed by atoms with Crippen LogP contribution in [0.5, 0.6) is 0 Å². The number of fused-ring (bicyclic) bond motifs is 1. The van der Waals surface area contributed by atoms with Crippen molar-refractivity contribution >= 4 is 16.7 Å². The van der Waals surface area contributed by atoms with Crippen molar-refractivity contribution < 1.29 is 9.53 Å². The van der Waals surface area contributed by atoms with Crippen molar-refractivity contribution in [3.05, 3.63) is 71.4 Å². The monoisotopic (exact) mass is 335 g/mol. The first kappa shape index (κ1) is 17.4. The van der Waals surface area contributed by atoms with Crippen molar-refractivity contribution in [1.82, 2.24) is 4.98 Å². The molecule has 0 aliphatic heterocycles. The smallest absolute Gasteiger partial charge is 0.161 e. The Bertz CT molecular complexity index is 800. The molecule has 0 radical (unpaired) electrons. The molecular formula is C22H25NO2. The van der Waals surface area contributed by atoms with Gasteiger partial charge in [-0.05, 0) is 41.5 Å². The van der Waals surface area contributed by atoms with Crippen molar-refractivity contribution in [3.8, 4) is 0 Å². The van der Waals surface area contributed by atoms with Crippen molar-refractivity contribution in [3.63, 3.8) is 0 Å². The molecular weight excluding hydrogens is 310 g/mol. The molecule has 0 aliphatic carbocycles. The van der Waals surface area contributed by atoms with Gasteiger partial charge in [0.2, 0.25) is 0 Å². The second-order valence-corrected chi connectivity index (χ2v) is 6.62. The number of para-hydroxylation sites is 1. The first-order chi connectivity index (χ1) is 12.2. The third kappa shape index (κ3) is 4.58. The van der Waals surface area contributed by atoms with Crippen LogP contribution in [0.3, 0.4) is 0 Å². The van der Waals surface area contributed by atoms with Gasteiger partial charge in [-0.25, -0.2) is 0 Å². The van der Waals surface area contributed by atoms with Gasteiger partial charge in [-0.1, -0.05) is 56.3 Å². The van der Waals surface area contributed by atoms with E-state index in [1.165, 1.54) is 10.9 Å². The highest BCUT2D eigenvalue weighted by atomic mass is 16.5. The molecule has 130 valence electrons. The third-order valence-corrected chi connectivity index (χ3v) is 4.61. The van der Waals surface area contributed by atoms with Gasteiger partial charge in [-0.15, -0.1) is 0 Å². The van der Waals surface area contributed by atoms with Crippen molar-refractivity contribution in [2.45, 2.75) is 33.3 Å². The van der Waals surface area contributed by atoms with Gasteiger partial charge in [0.15, 0.2) is 5.78 Å². The van der Waals surface area contributed by atoms with Crippen LogP contribution in [0.25, 0.3) is 10.9 Å². The Morgan fingerprint density at radius 3 is 2.52 bits per heavy atom. The molecule has 2 aromatic carbocycles. The number of hydrogen-bond donors (Lipinski definition) is 1. The van der Waals surface area contributed by atoms with Crippen LogP contribution >= 0.6 is 0 Å². The van der Waals surface area contributed by atoms with E-state index in [9.17, 15) is 4.79 Å². The molecule has 1 atom stereocenters. The van der Waals surface area contributed by atoms with Gasteiger partial charge in [0.05, 0.1) is 6.61 Å². The van der Waals surface area contributed by atoms with Crippen molar-refractivity contribution in [1.29, 1.82) is 0 Å². The molecule has 1 N–H and O–H groups in total. The zero-order valence-corrected chi connectivity index (χ0v) is 14.9. The Morgan fingerprint density at radius 2 is 1.80 bits per heavy atom. The van der Waals surface area contributed by atoms with E-state index >= 15 is 0 Å². The Morgan fingerprint density at radius 1 is 1.08 bits per heavy atom. The van der Waals surface area contributed by atoms with Gasteiger partial charge in [0, 0.05) is 17.1 Å². The highest BCUT2D eigenvalue weighted by molar-refractivity contribution is 5.83. The summed E-state index contributed by atoms with van der Waals surface area (Å²) in [6, 6.07) is 18.6. The lowest BCUT2D eigenvalue weighted by Crippen LogP contribution is -2.19. The summed E-state index contributed by atoms with van der Waals surface area (Å²) in [4.78, 5) is 15.7. The lowest BCUT2D eigenvalue weighted by atomic mass is 10.0. The summed E-state index contributed by atoms with van der Waals surface area (Å²) in [5.74, 6) is 0.0827. The molecule has 1 aromatic heterocycles. The number of ether oxygens (including phenoxy) is 1. The minimum Gasteiger partial charge on any atom is -0.369 e. The van der Waals surface area contributed by atoms with Gasteiger partial charge in [-0.3, -0.25) is 4.79 Å². The van der Waals surface area contributed by atoms with E-state index in [2.05, 4.69) is 54.4 Å². The number of carbonyl (C=O) groups excluding carboxylic acids is 1. The lowest BCUT2D eigenvalue weighted by molar-refractivity contribution is -0.127. The van der Waals surface area contributed by atoms with Crippen LogP contribution in [0.1, 0.15) is 30.7 Å². The Kier molecular flexibility index (Phi) is 5.67. The highest BCUT2D eigenvalue weighted by Gasteiger charge is 2.15. The maximum absolute atomic E-state index is 12.3. The van der Waals surface area contributed by atoms with E-state index in [4.69, 9.17) is 4.74 Å². The quantitative estimate of drug-likeness (QED) is 0.648. The fourth-order valence-electron chi connectivity index (χ4n) is 2.97. The number of rotatable bonds is 8. The molecule has 0 spiro atoms. The summed E-state index contributed by atoms with van der Waals surface area (Å²) < 4.78 is 5.61. The van der Waals surface area contributed by atoms with Crippen LogP contribution < -0.4 is 0 Å². The summed E-state index contributed by atoms with van der Waals surface area (Å²) in [5, 5.41) is 1.18. The number of carbonyl (C=O) groups is 1. The standard InChI is InChI=1S/C22H25NO2/c1-3-17-8-10-18(11-9-17)14-25-15-22(24)16(2)12-20-13-19-6-4-5-7-21(19)23-20/h4-11,13,16,23H,3,12,14-15H2,1-2H3/t16-/m1/s1. The fourth-order valence-corrected chi connectivity index (χ4v) is 2.97. The van der Waals surface area contributed by atoms with Gasteiger partial charge >= 0.3 is 0 Å². The number of hydrogen-bond acceptors (Lipinski definition) is 2.